The molecule has 0 saturated carbocycles. The van der Waals surface area contributed by atoms with E-state index in [9.17, 15) is 9.59 Å². The highest BCUT2D eigenvalue weighted by Gasteiger charge is 2.24. The molecule has 5 nitrogen and oxygen atoms in total. The first-order valence-electron chi connectivity index (χ1n) is 6.37. The zero-order chi connectivity index (χ0) is 15.0. The Labute approximate surface area is 118 Å². The van der Waals surface area contributed by atoms with Gasteiger partial charge in [0.2, 0.25) is 0 Å². The lowest BCUT2D eigenvalue weighted by atomic mass is 9.96. The third-order valence-electron chi connectivity index (χ3n) is 2.87. The van der Waals surface area contributed by atoms with Crippen LogP contribution in [-0.4, -0.2) is 39.2 Å². The van der Waals surface area contributed by atoms with Crippen LogP contribution >= 0.6 is 0 Å². The highest BCUT2D eigenvalue weighted by Crippen LogP contribution is 2.17. The van der Waals surface area contributed by atoms with Gasteiger partial charge in [0.05, 0.1) is 13.7 Å². The van der Waals surface area contributed by atoms with Crippen molar-refractivity contribution in [2.75, 3.05) is 27.4 Å². The van der Waals surface area contributed by atoms with Crippen molar-refractivity contribution in [1.29, 1.82) is 0 Å². The molecule has 0 heterocycles. The number of hydrogen-bond donors (Lipinski definition) is 0. The van der Waals surface area contributed by atoms with Gasteiger partial charge in [-0.25, -0.2) is 0 Å². The lowest BCUT2D eigenvalue weighted by molar-refractivity contribution is -0.148. The van der Waals surface area contributed by atoms with Gasteiger partial charge in [0.25, 0.3) is 0 Å². The lowest BCUT2D eigenvalue weighted by Gasteiger charge is -2.12. The first-order valence-corrected chi connectivity index (χ1v) is 6.37. The van der Waals surface area contributed by atoms with Gasteiger partial charge in [-0.05, 0) is 31.0 Å². The summed E-state index contributed by atoms with van der Waals surface area (Å²) in [6, 6.07) is 7.31. The molecular weight excluding hydrogens is 260 g/mol. The molecule has 1 unspecified atom stereocenters. The van der Waals surface area contributed by atoms with E-state index in [1.807, 2.05) is 24.3 Å². The first-order chi connectivity index (χ1) is 9.58. The van der Waals surface area contributed by atoms with Gasteiger partial charge in [0.1, 0.15) is 24.1 Å². The van der Waals surface area contributed by atoms with Crippen molar-refractivity contribution in [1.82, 2.24) is 0 Å². The number of ether oxygens (including phenoxy) is 3. The van der Waals surface area contributed by atoms with Gasteiger partial charge >= 0.3 is 5.97 Å². The Morgan fingerprint density at radius 2 is 1.95 bits per heavy atom. The van der Waals surface area contributed by atoms with Crippen molar-refractivity contribution >= 4 is 11.8 Å². The molecule has 0 fully saturated rings. The van der Waals surface area contributed by atoms with Crippen molar-refractivity contribution in [2.24, 2.45) is 5.92 Å². The van der Waals surface area contributed by atoms with E-state index in [0.29, 0.717) is 25.4 Å². The molecule has 110 valence electrons. The van der Waals surface area contributed by atoms with E-state index < -0.39 is 11.9 Å². The van der Waals surface area contributed by atoms with Crippen molar-refractivity contribution < 1.29 is 23.8 Å². The molecule has 0 radical (unpaired) electrons. The number of ketones is 1. The maximum atomic E-state index is 11.6. The van der Waals surface area contributed by atoms with Crippen LogP contribution in [-0.2, 0) is 25.5 Å². The van der Waals surface area contributed by atoms with E-state index in [0.717, 1.165) is 5.56 Å². The Morgan fingerprint density at radius 1 is 1.20 bits per heavy atom. The number of Topliss-reactive ketones (excluding diaryl/α,β-unsaturated/α-hetero) is 1. The zero-order valence-corrected chi connectivity index (χ0v) is 12.0. The minimum Gasteiger partial charge on any atom is -0.491 e. The number of methoxy groups -OCH3 is 2. The van der Waals surface area contributed by atoms with Crippen LogP contribution < -0.4 is 4.74 Å². The van der Waals surface area contributed by atoms with Crippen LogP contribution in [0.2, 0.25) is 0 Å². The van der Waals surface area contributed by atoms with E-state index in [2.05, 4.69) is 4.74 Å². The number of benzene rings is 1. The predicted octanol–water partition coefficient (Wildman–Crippen LogP) is 1.63. The normalized spacial score (nSPS) is 11.8. The molecule has 1 atom stereocenters. The highest BCUT2D eigenvalue weighted by atomic mass is 16.5. The summed E-state index contributed by atoms with van der Waals surface area (Å²) in [5.74, 6) is -0.799. The molecule has 1 aromatic carbocycles. The summed E-state index contributed by atoms with van der Waals surface area (Å²) in [6.07, 6.45) is 0.309. The van der Waals surface area contributed by atoms with Gasteiger partial charge < -0.3 is 14.2 Å². The third-order valence-corrected chi connectivity index (χ3v) is 2.87. The Kier molecular flexibility index (Phi) is 6.73. The fourth-order valence-corrected chi connectivity index (χ4v) is 1.78. The Morgan fingerprint density at radius 3 is 2.55 bits per heavy atom. The van der Waals surface area contributed by atoms with Gasteiger partial charge in [-0.3, -0.25) is 9.59 Å². The standard InChI is InChI=1S/C15H20O5/c1-11(16)14(15(17)19-3)10-12-5-4-6-13(9-12)20-8-7-18-2/h4-6,9,14H,7-8,10H2,1-3H3. The minimum absolute atomic E-state index is 0.206. The second kappa shape index (κ2) is 8.32. The molecule has 20 heavy (non-hydrogen) atoms. The fraction of sp³-hybridized carbons (Fsp3) is 0.467. The molecule has 0 aliphatic carbocycles. The van der Waals surface area contributed by atoms with Crippen LogP contribution in [0.1, 0.15) is 12.5 Å². The van der Waals surface area contributed by atoms with Crippen LogP contribution in [0.3, 0.4) is 0 Å². The highest BCUT2D eigenvalue weighted by molar-refractivity contribution is 5.97. The molecule has 0 N–H and O–H groups in total. The summed E-state index contributed by atoms with van der Waals surface area (Å²) in [4.78, 5) is 23.1. The van der Waals surface area contributed by atoms with E-state index in [1.54, 1.807) is 7.11 Å². The smallest absolute Gasteiger partial charge is 0.316 e. The van der Waals surface area contributed by atoms with Crippen molar-refractivity contribution in [3.8, 4) is 5.75 Å². The van der Waals surface area contributed by atoms with Crippen LogP contribution in [0.15, 0.2) is 24.3 Å². The summed E-state index contributed by atoms with van der Waals surface area (Å²) in [7, 11) is 2.89. The molecule has 1 rings (SSSR count). The minimum atomic E-state index is -0.769. The lowest BCUT2D eigenvalue weighted by Crippen LogP contribution is -2.25. The predicted molar refractivity (Wildman–Crippen MR) is 73.7 cm³/mol. The second-order valence-corrected chi connectivity index (χ2v) is 4.38. The Balaban J connectivity index is 2.73. The summed E-state index contributed by atoms with van der Waals surface area (Å²) in [6.45, 7) is 2.34. The third kappa shape index (κ3) is 5.01. The molecule has 0 saturated heterocycles. The number of carbonyl (C=O) groups is 2. The van der Waals surface area contributed by atoms with Crippen LogP contribution in [0.25, 0.3) is 0 Å². The van der Waals surface area contributed by atoms with Crippen LogP contribution in [0.4, 0.5) is 0 Å². The molecular formula is C15H20O5. The molecule has 0 aromatic heterocycles. The van der Waals surface area contributed by atoms with Gasteiger partial charge in [-0.1, -0.05) is 12.1 Å². The monoisotopic (exact) mass is 280 g/mol. The van der Waals surface area contributed by atoms with E-state index in [4.69, 9.17) is 9.47 Å². The van der Waals surface area contributed by atoms with Gasteiger partial charge in [0.15, 0.2) is 0 Å². The zero-order valence-electron chi connectivity index (χ0n) is 12.0. The molecule has 0 spiro atoms. The van der Waals surface area contributed by atoms with Gasteiger partial charge in [-0.15, -0.1) is 0 Å². The summed E-state index contributed by atoms with van der Waals surface area (Å²) < 4.78 is 15.0. The van der Waals surface area contributed by atoms with Crippen molar-refractivity contribution in [3.63, 3.8) is 0 Å². The SMILES string of the molecule is COCCOc1cccc(CC(C(C)=O)C(=O)OC)c1. The molecule has 0 amide bonds. The van der Waals surface area contributed by atoms with Crippen molar-refractivity contribution in [3.05, 3.63) is 29.8 Å². The fourth-order valence-electron chi connectivity index (χ4n) is 1.78. The average molecular weight is 280 g/mol. The summed E-state index contributed by atoms with van der Waals surface area (Å²) >= 11 is 0. The molecule has 0 bridgehead atoms. The Hall–Kier alpha value is -1.88. The van der Waals surface area contributed by atoms with Crippen molar-refractivity contribution in [2.45, 2.75) is 13.3 Å². The van der Waals surface area contributed by atoms with E-state index in [1.165, 1.54) is 14.0 Å². The van der Waals surface area contributed by atoms with Gasteiger partial charge in [0, 0.05) is 7.11 Å². The van der Waals surface area contributed by atoms with Crippen LogP contribution in [0.5, 0.6) is 5.75 Å². The molecule has 0 aliphatic heterocycles. The summed E-state index contributed by atoms with van der Waals surface area (Å²) in [5, 5.41) is 0. The van der Waals surface area contributed by atoms with Crippen LogP contribution in [0, 0.1) is 5.92 Å². The maximum absolute atomic E-state index is 11.6. The number of hydrogen-bond acceptors (Lipinski definition) is 5. The maximum Gasteiger partial charge on any atom is 0.316 e. The topological polar surface area (TPSA) is 61.8 Å². The number of rotatable bonds is 8. The van der Waals surface area contributed by atoms with Gasteiger partial charge in [-0.2, -0.15) is 0 Å². The molecule has 5 heteroatoms. The Bertz CT molecular complexity index is 455. The first kappa shape index (κ1) is 16.2. The quantitative estimate of drug-likeness (QED) is 0.411. The van der Waals surface area contributed by atoms with E-state index >= 15 is 0 Å². The second-order valence-electron chi connectivity index (χ2n) is 4.38. The largest absolute Gasteiger partial charge is 0.491 e. The van der Waals surface area contributed by atoms with E-state index in [-0.39, 0.29) is 5.78 Å². The number of esters is 1. The molecule has 1 aromatic rings. The molecule has 0 aliphatic rings. The summed E-state index contributed by atoms with van der Waals surface area (Å²) in [5.41, 5.74) is 0.852. The number of carbonyl (C=O) groups excluding carboxylic acids is 2. The average Bonchev–Trinajstić information content (AvgIpc) is 2.44.